The molecule has 5 aliphatic carbocycles. The molecule has 0 bridgehead atoms. The molecule has 0 aromatic carbocycles. The van der Waals surface area contributed by atoms with Gasteiger partial charge in [0.15, 0.2) is 0 Å². The van der Waals surface area contributed by atoms with Crippen molar-refractivity contribution in [3.8, 4) is 0 Å². The van der Waals surface area contributed by atoms with Crippen molar-refractivity contribution in [3.05, 3.63) is 29.1 Å². The maximum atomic E-state index is 13.9. The first-order valence-corrected chi connectivity index (χ1v) is 19.4. The van der Waals surface area contributed by atoms with Crippen LogP contribution in [-0.4, -0.2) is 50.3 Å². The third-order valence-corrected chi connectivity index (χ3v) is 15.4. The first-order chi connectivity index (χ1) is 23.6. The lowest BCUT2D eigenvalue weighted by atomic mass is 9.34. The lowest BCUT2D eigenvalue weighted by Crippen LogP contribution is -2.65. The molecule has 3 N–H and O–H groups in total. The number of hydrogen-bond acceptors (Lipinski definition) is 6. The number of fused-ring (bicyclic) bond motifs is 6. The molecule has 0 spiro atoms. The maximum absolute atomic E-state index is 13.9. The minimum absolute atomic E-state index is 0.00502. The lowest BCUT2D eigenvalue weighted by Gasteiger charge is -2.70. The maximum Gasteiger partial charge on any atom is 0.315 e. The minimum atomic E-state index is -1.17. The van der Waals surface area contributed by atoms with Crippen LogP contribution in [0.25, 0.3) is 0 Å². The molecule has 1 aromatic heterocycles. The second kappa shape index (κ2) is 12.5. The van der Waals surface area contributed by atoms with Gasteiger partial charge in [-0.05, 0) is 111 Å². The fourth-order valence-corrected chi connectivity index (χ4v) is 12.5. The second-order valence-corrected chi connectivity index (χ2v) is 19.2. The van der Waals surface area contributed by atoms with Crippen LogP contribution in [0.3, 0.4) is 0 Å². The van der Waals surface area contributed by atoms with E-state index in [1.807, 2.05) is 13.1 Å². The Hall–Kier alpha value is -3.17. The van der Waals surface area contributed by atoms with E-state index in [0.29, 0.717) is 24.8 Å². The molecule has 51 heavy (non-hydrogen) atoms. The number of carbonyl (C=O) groups excluding carboxylic acids is 3. The highest BCUT2D eigenvalue weighted by Gasteiger charge is 2.69. The molecule has 4 saturated carbocycles. The molecule has 0 radical (unpaired) electrons. The van der Waals surface area contributed by atoms with Crippen LogP contribution in [-0.2, 0) is 32.7 Å². The summed E-state index contributed by atoms with van der Waals surface area (Å²) in [5, 5.41) is 20.3. The van der Waals surface area contributed by atoms with Crippen LogP contribution >= 0.6 is 0 Å². The van der Waals surface area contributed by atoms with Crippen molar-refractivity contribution in [2.24, 2.45) is 57.8 Å². The summed E-state index contributed by atoms with van der Waals surface area (Å²) in [6, 6.07) is 1.65. The minimum Gasteiger partial charge on any atom is -0.481 e. The summed E-state index contributed by atoms with van der Waals surface area (Å²) in [6.45, 7) is 19.8. The molecule has 1 aromatic rings. The Balaban J connectivity index is 1.29. The van der Waals surface area contributed by atoms with Gasteiger partial charge in [-0.3, -0.25) is 19.1 Å². The molecule has 0 aliphatic heterocycles. The predicted molar refractivity (Wildman–Crippen MR) is 194 cm³/mol. The van der Waals surface area contributed by atoms with Crippen LogP contribution in [0.4, 0.5) is 4.79 Å². The number of hydrogen-bond donors (Lipinski definition) is 3. The van der Waals surface area contributed by atoms with E-state index in [1.165, 1.54) is 11.1 Å². The zero-order chi connectivity index (χ0) is 37.5. The Bertz CT molecular complexity index is 1640. The van der Waals surface area contributed by atoms with Gasteiger partial charge in [0.1, 0.15) is 11.9 Å². The summed E-state index contributed by atoms with van der Waals surface area (Å²) >= 11 is 0. The van der Waals surface area contributed by atoms with Crippen LogP contribution in [0.2, 0.25) is 0 Å². The number of carboxylic acids is 1. The van der Waals surface area contributed by atoms with E-state index in [2.05, 4.69) is 64.2 Å². The van der Waals surface area contributed by atoms with Crippen LogP contribution in [0, 0.1) is 50.7 Å². The summed E-state index contributed by atoms with van der Waals surface area (Å²) in [7, 11) is 1.86. The van der Waals surface area contributed by atoms with Crippen LogP contribution < -0.4 is 10.6 Å². The van der Waals surface area contributed by atoms with Crippen molar-refractivity contribution < 1.29 is 29.0 Å². The van der Waals surface area contributed by atoms with Gasteiger partial charge in [-0.1, -0.05) is 54.0 Å². The van der Waals surface area contributed by atoms with E-state index >= 15 is 0 Å². The van der Waals surface area contributed by atoms with Crippen molar-refractivity contribution in [3.63, 3.8) is 0 Å². The zero-order valence-corrected chi connectivity index (χ0v) is 32.7. The number of nitrogens with zero attached hydrogens (tertiary/aromatic N) is 2. The van der Waals surface area contributed by atoms with Crippen LogP contribution in [0.5, 0.6) is 0 Å². The quantitative estimate of drug-likeness (QED) is 0.190. The molecule has 1 unspecified atom stereocenters. The van der Waals surface area contributed by atoms with E-state index in [9.17, 15) is 24.3 Å². The average molecular weight is 707 g/mol. The van der Waals surface area contributed by atoms with Crippen molar-refractivity contribution in [1.82, 2.24) is 20.4 Å². The summed E-state index contributed by atoms with van der Waals surface area (Å²) in [6.07, 6.45) is 9.09. The van der Waals surface area contributed by atoms with Crippen molar-refractivity contribution in [2.75, 3.05) is 0 Å². The topological polar surface area (TPSA) is 140 Å². The van der Waals surface area contributed by atoms with Crippen molar-refractivity contribution >= 4 is 23.8 Å². The molecule has 10 heteroatoms. The smallest absolute Gasteiger partial charge is 0.315 e. The lowest BCUT2D eigenvalue weighted by molar-refractivity contribution is -0.214. The molecule has 4 fully saturated rings. The van der Waals surface area contributed by atoms with Crippen LogP contribution in [0.1, 0.15) is 132 Å². The van der Waals surface area contributed by atoms with Gasteiger partial charge in [0.25, 0.3) is 0 Å². The SMILES string of the molecule is CC(C)C1C(=O)C[C@]2(NC(=O)NCc3ccnn3C)CC[C@]3(C)C(=C12)CC[C@@H]1[C@@]2(C)CC[C@H](OC(=O)CC(C)(C)C(=O)O)C(C)(C)[C@@H]2CC[C@]13C. The highest BCUT2D eigenvalue weighted by Crippen LogP contribution is 2.75. The first-order valence-electron chi connectivity index (χ1n) is 19.4. The number of carbonyl (C=O) groups is 4. The second-order valence-electron chi connectivity index (χ2n) is 19.2. The molecule has 0 saturated heterocycles. The van der Waals surface area contributed by atoms with E-state index < -0.39 is 22.9 Å². The number of Topliss-reactive ketones (excluding diaryl/α,β-unsaturated/α-hetero) is 1. The largest absolute Gasteiger partial charge is 0.481 e. The number of nitrogens with one attached hydrogen (secondary N) is 2. The van der Waals surface area contributed by atoms with Gasteiger partial charge in [0.2, 0.25) is 0 Å². The van der Waals surface area contributed by atoms with E-state index in [-0.39, 0.29) is 57.8 Å². The third-order valence-electron chi connectivity index (χ3n) is 15.4. The molecule has 282 valence electrons. The summed E-state index contributed by atoms with van der Waals surface area (Å²) in [4.78, 5) is 52.3. The number of rotatable bonds is 8. The monoisotopic (exact) mass is 706 g/mol. The number of allylic oxidation sites excluding steroid dienone is 1. The van der Waals surface area contributed by atoms with Gasteiger partial charge >= 0.3 is 18.0 Å². The molecule has 10 nitrogen and oxygen atoms in total. The number of carboxylic acid groups (broad SMARTS) is 1. The van der Waals surface area contributed by atoms with Gasteiger partial charge < -0.3 is 20.5 Å². The van der Waals surface area contributed by atoms with Crippen LogP contribution in [0.15, 0.2) is 23.4 Å². The number of amides is 2. The van der Waals surface area contributed by atoms with Gasteiger partial charge in [-0.2, -0.15) is 5.10 Å². The molecule has 6 rings (SSSR count). The average Bonchev–Trinajstić information content (AvgIpc) is 3.56. The number of aliphatic carboxylic acids is 1. The van der Waals surface area contributed by atoms with Gasteiger partial charge in [0.05, 0.1) is 29.6 Å². The molecule has 5 aliphatic rings. The zero-order valence-electron chi connectivity index (χ0n) is 32.7. The molecular weight excluding hydrogens is 644 g/mol. The van der Waals surface area contributed by atoms with Crippen molar-refractivity contribution in [1.29, 1.82) is 0 Å². The van der Waals surface area contributed by atoms with Crippen molar-refractivity contribution in [2.45, 2.75) is 145 Å². The highest BCUT2D eigenvalue weighted by molar-refractivity contribution is 5.92. The fourth-order valence-electron chi connectivity index (χ4n) is 12.5. The Labute approximate surface area is 304 Å². The Morgan fingerprint density at radius 3 is 2.37 bits per heavy atom. The number of ether oxygens (including phenoxy) is 1. The number of esters is 1. The summed E-state index contributed by atoms with van der Waals surface area (Å²) < 4.78 is 7.90. The Morgan fingerprint density at radius 1 is 1.04 bits per heavy atom. The van der Waals surface area contributed by atoms with E-state index in [0.717, 1.165) is 57.1 Å². The normalized spacial score (nSPS) is 37.2. The molecular formula is C41H62N4O6. The number of aromatic nitrogens is 2. The Morgan fingerprint density at radius 2 is 1.75 bits per heavy atom. The Kier molecular flexibility index (Phi) is 9.19. The standard InChI is InChI=1S/C41H62N4O6/c1-24(2)32-27(46)21-41(44-35(50)42-23-25-15-20-43-45(25)10)19-18-39(8)26(33(32)41)11-12-29-38(7)16-14-30(51-31(47)22-36(3,4)34(48)49)37(5,6)28(38)13-17-40(29,39)9/h15,20,24,28-30,32H,11-14,16-19,21-23H2,1-10H3,(H,48,49)(H2,42,44,50)/t28-,29+,30-,32?,38-,39+,40+,41+/m0/s1. The molecule has 2 amide bonds. The van der Waals surface area contributed by atoms with Gasteiger partial charge in [0, 0.05) is 31.0 Å². The number of ketones is 1. The van der Waals surface area contributed by atoms with Gasteiger partial charge in [-0.15, -0.1) is 0 Å². The molecule has 8 atom stereocenters. The third kappa shape index (κ3) is 5.76. The highest BCUT2D eigenvalue weighted by atomic mass is 16.5. The number of urea groups is 1. The summed E-state index contributed by atoms with van der Waals surface area (Å²) in [5.74, 6) is -0.430. The van der Waals surface area contributed by atoms with E-state index in [1.54, 1.807) is 24.7 Å². The summed E-state index contributed by atoms with van der Waals surface area (Å²) in [5.41, 5.74) is 1.39. The molecule has 1 heterocycles. The van der Waals surface area contributed by atoms with E-state index in [4.69, 9.17) is 4.74 Å². The first kappa shape index (κ1) is 37.6. The van der Waals surface area contributed by atoms with Gasteiger partial charge in [-0.25, -0.2) is 4.79 Å². The predicted octanol–water partition coefficient (Wildman–Crippen LogP) is 7.37. The fraction of sp³-hybridized carbons (Fsp3) is 0.780. The number of aryl methyl sites for hydroxylation is 1.